The van der Waals surface area contributed by atoms with Crippen molar-refractivity contribution < 1.29 is 22.7 Å². The minimum absolute atomic E-state index is 0.0540. The Morgan fingerprint density at radius 2 is 1.64 bits per heavy atom. The number of pyridine rings is 1. The SMILES string of the molecule is COc1ccc(NS(=O)(=O)c2ccc(C(=O)N(C)Cc3ncc(C)c(OC)c3C)cc2)cc1. The molecule has 3 rings (SSSR count). The van der Waals surface area contributed by atoms with Crippen molar-refractivity contribution in [1.82, 2.24) is 9.88 Å². The second-order valence-electron chi connectivity index (χ2n) is 7.57. The van der Waals surface area contributed by atoms with Crippen molar-refractivity contribution in [1.29, 1.82) is 0 Å². The van der Waals surface area contributed by atoms with E-state index in [0.717, 1.165) is 22.6 Å². The lowest BCUT2D eigenvalue weighted by atomic mass is 10.1. The molecule has 9 heteroatoms. The number of rotatable bonds is 8. The second kappa shape index (κ2) is 9.91. The van der Waals surface area contributed by atoms with Gasteiger partial charge in [-0.25, -0.2) is 8.42 Å². The van der Waals surface area contributed by atoms with Crippen LogP contribution in [0.3, 0.4) is 0 Å². The first-order valence-corrected chi connectivity index (χ1v) is 11.7. The predicted octanol–water partition coefficient (Wildman–Crippen LogP) is 3.79. The first kappa shape index (κ1) is 24.1. The summed E-state index contributed by atoms with van der Waals surface area (Å²) in [5.41, 5.74) is 3.32. The van der Waals surface area contributed by atoms with E-state index in [2.05, 4.69) is 9.71 Å². The number of amides is 1. The van der Waals surface area contributed by atoms with E-state index in [1.807, 2.05) is 13.8 Å². The Hall–Kier alpha value is -3.59. The number of hydrogen-bond donors (Lipinski definition) is 1. The van der Waals surface area contributed by atoms with Gasteiger partial charge in [-0.2, -0.15) is 0 Å². The van der Waals surface area contributed by atoms with Crippen molar-refractivity contribution in [2.24, 2.45) is 0 Å². The molecule has 2 aromatic carbocycles. The third-order valence-electron chi connectivity index (χ3n) is 5.24. The second-order valence-corrected chi connectivity index (χ2v) is 9.25. The largest absolute Gasteiger partial charge is 0.497 e. The zero-order valence-electron chi connectivity index (χ0n) is 19.2. The van der Waals surface area contributed by atoms with E-state index in [1.54, 1.807) is 44.6 Å². The maximum absolute atomic E-state index is 12.9. The Bertz CT molecular complexity index is 1240. The molecule has 8 nitrogen and oxygen atoms in total. The molecule has 0 radical (unpaired) electrons. The summed E-state index contributed by atoms with van der Waals surface area (Å²) in [6.45, 7) is 4.11. The quantitative estimate of drug-likeness (QED) is 0.539. The lowest BCUT2D eigenvalue weighted by Crippen LogP contribution is -2.27. The van der Waals surface area contributed by atoms with E-state index in [4.69, 9.17) is 9.47 Å². The normalized spacial score (nSPS) is 11.1. The van der Waals surface area contributed by atoms with Crippen LogP contribution in [0.1, 0.15) is 27.2 Å². The number of aromatic nitrogens is 1. The summed E-state index contributed by atoms with van der Waals surface area (Å²) in [6.07, 6.45) is 1.72. The fourth-order valence-electron chi connectivity index (χ4n) is 3.40. The highest BCUT2D eigenvalue weighted by Crippen LogP contribution is 2.25. The molecule has 33 heavy (non-hydrogen) atoms. The van der Waals surface area contributed by atoms with E-state index in [9.17, 15) is 13.2 Å². The number of methoxy groups -OCH3 is 2. The van der Waals surface area contributed by atoms with Gasteiger partial charge in [0.1, 0.15) is 11.5 Å². The molecule has 1 N–H and O–H groups in total. The summed E-state index contributed by atoms with van der Waals surface area (Å²) in [4.78, 5) is 18.9. The summed E-state index contributed by atoms with van der Waals surface area (Å²) >= 11 is 0. The zero-order chi connectivity index (χ0) is 24.2. The number of benzene rings is 2. The Balaban J connectivity index is 1.72. The van der Waals surface area contributed by atoms with Gasteiger partial charge in [-0.15, -0.1) is 0 Å². The van der Waals surface area contributed by atoms with Crippen LogP contribution in [-0.4, -0.2) is 45.5 Å². The molecule has 0 saturated carbocycles. The van der Waals surface area contributed by atoms with Crippen LogP contribution >= 0.6 is 0 Å². The zero-order valence-corrected chi connectivity index (χ0v) is 20.1. The van der Waals surface area contributed by atoms with Crippen molar-refractivity contribution >= 4 is 21.6 Å². The number of aryl methyl sites for hydroxylation is 1. The summed E-state index contributed by atoms with van der Waals surface area (Å²) in [7, 11) is 1.01. The summed E-state index contributed by atoms with van der Waals surface area (Å²) < 4.78 is 38.4. The molecule has 3 aromatic rings. The van der Waals surface area contributed by atoms with Crippen molar-refractivity contribution in [2.75, 3.05) is 26.0 Å². The molecule has 1 aromatic heterocycles. The van der Waals surface area contributed by atoms with Gasteiger partial charge >= 0.3 is 0 Å². The summed E-state index contributed by atoms with van der Waals surface area (Å²) in [5.74, 6) is 1.13. The number of ether oxygens (including phenoxy) is 2. The number of carbonyl (C=O) groups excluding carboxylic acids is 1. The highest BCUT2D eigenvalue weighted by atomic mass is 32.2. The average molecular weight is 470 g/mol. The number of nitrogens with zero attached hydrogens (tertiary/aromatic N) is 2. The van der Waals surface area contributed by atoms with Gasteiger partial charge in [0, 0.05) is 35.6 Å². The van der Waals surface area contributed by atoms with Crippen LogP contribution in [0.4, 0.5) is 5.69 Å². The Kier molecular flexibility index (Phi) is 7.23. The summed E-state index contributed by atoms with van der Waals surface area (Å²) in [6, 6.07) is 12.4. The molecule has 0 aliphatic heterocycles. The standard InChI is InChI=1S/C24H27N3O5S/c1-16-14-25-22(17(2)23(16)32-5)15-27(3)24(28)18-6-12-21(13-7-18)33(29,30)26-19-8-10-20(31-4)11-9-19/h6-14,26H,15H2,1-5H3. The van der Waals surface area contributed by atoms with E-state index >= 15 is 0 Å². The molecular formula is C24H27N3O5S. The first-order valence-electron chi connectivity index (χ1n) is 10.2. The minimum Gasteiger partial charge on any atom is -0.497 e. The molecule has 0 atom stereocenters. The lowest BCUT2D eigenvalue weighted by Gasteiger charge is -2.19. The smallest absolute Gasteiger partial charge is 0.261 e. The van der Waals surface area contributed by atoms with Crippen molar-refractivity contribution in [3.8, 4) is 11.5 Å². The predicted molar refractivity (Wildman–Crippen MR) is 126 cm³/mol. The van der Waals surface area contributed by atoms with Crippen LogP contribution in [0.5, 0.6) is 11.5 Å². The molecule has 1 amide bonds. The molecule has 1 heterocycles. The van der Waals surface area contributed by atoms with Gasteiger partial charge in [-0.1, -0.05) is 0 Å². The van der Waals surface area contributed by atoms with E-state index in [1.165, 1.54) is 36.3 Å². The van der Waals surface area contributed by atoms with Crippen LogP contribution in [0.15, 0.2) is 59.6 Å². The molecule has 0 saturated heterocycles. The molecule has 0 spiro atoms. The fourth-order valence-corrected chi connectivity index (χ4v) is 4.46. The molecule has 0 bridgehead atoms. The van der Waals surface area contributed by atoms with Crippen LogP contribution in [0.2, 0.25) is 0 Å². The van der Waals surface area contributed by atoms with Crippen molar-refractivity contribution in [3.05, 3.63) is 77.1 Å². The van der Waals surface area contributed by atoms with Crippen LogP contribution in [0.25, 0.3) is 0 Å². The number of sulfonamides is 1. The van der Waals surface area contributed by atoms with E-state index < -0.39 is 10.0 Å². The first-order chi connectivity index (χ1) is 15.7. The highest BCUT2D eigenvalue weighted by molar-refractivity contribution is 7.92. The number of nitrogens with one attached hydrogen (secondary N) is 1. The highest BCUT2D eigenvalue weighted by Gasteiger charge is 2.19. The van der Waals surface area contributed by atoms with Gasteiger partial charge in [0.2, 0.25) is 0 Å². The number of carbonyl (C=O) groups is 1. The monoisotopic (exact) mass is 469 g/mol. The third kappa shape index (κ3) is 5.43. The minimum atomic E-state index is -3.80. The Labute approximate surface area is 194 Å². The molecule has 0 aliphatic carbocycles. The number of anilines is 1. The molecular weight excluding hydrogens is 442 g/mol. The van der Waals surface area contributed by atoms with E-state index in [-0.39, 0.29) is 10.8 Å². The van der Waals surface area contributed by atoms with Gasteiger partial charge < -0.3 is 14.4 Å². The van der Waals surface area contributed by atoms with E-state index in [0.29, 0.717) is 23.5 Å². The Morgan fingerprint density at radius 1 is 1.00 bits per heavy atom. The number of hydrogen-bond acceptors (Lipinski definition) is 6. The molecule has 0 unspecified atom stereocenters. The van der Waals surface area contributed by atoms with Crippen LogP contribution in [-0.2, 0) is 16.6 Å². The van der Waals surface area contributed by atoms with Crippen molar-refractivity contribution in [3.63, 3.8) is 0 Å². The molecule has 0 aliphatic rings. The van der Waals surface area contributed by atoms with Gasteiger partial charge in [-0.05, 0) is 62.4 Å². The maximum atomic E-state index is 12.9. The Morgan fingerprint density at radius 3 is 2.21 bits per heavy atom. The molecule has 0 fully saturated rings. The summed E-state index contributed by atoms with van der Waals surface area (Å²) in [5, 5.41) is 0. The van der Waals surface area contributed by atoms with Crippen LogP contribution in [0, 0.1) is 13.8 Å². The fraction of sp³-hybridized carbons (Fsp3) is 0.250. The van der Waals surface area contributed by atoms with Crippen molar-refractivity contribution in [2.45, 2.75) is 25.3 Å². The van der Waals surface area contributed by atoms with Gasteiger partial charge in [0.05, 0.1) is 31.4 Å². The maximum Gasteiger partial charge on any atom is 0.261 e. The topological polar surface area (TPSA) is 97.8 Å². The third-order valence-corrected chi connectivity index (χ3v) is 6.63. The van der Waals surface area contributed by atoms with Crippen LogP contribution < -0.4 is 14.2 Å². The van der Waals surface area contributed by atoms with Gasteiger partial charge in [-0.3, -0.25) is 14.5 Å². The van der Waals surface area contributed by atoms with Gasteiger partial charge in [0.25, 0.3) is 15.9 Å². The lowest BCUT2D eigenvalue weighted by molar-refractivity contribution is 0.0783. The average Bonchev–Trinajstić information content (AvgIpc) is 2.81. The molecule has 174 valence electrons. The van der Waals surface area contributed by atoms with Gasteiger partial charge in [0.15, 0.2) is 0 Å².